The van der Waals surface area contributed by atoms with Gasteiger partial charge in [0.25, 0.3) is 0 Å². The van der Waals surface area contributed by atoms with Crippen molar-refractivity contribution < 1.29 is 4.74 Å². The molecule has 0 spiro atoms. The van der Waals surface area contributed by atoms with Gasteiger partial charge in [0.05, 0.1) is 7.11 Å². The summed E-state index contributed by atoms with van der Waals surface area (Å²) in [5.41, 5.74) is 8.56. The number of rotatable bonds is 4. The Morgan fingerprint density at radius 1 is 1.24 bits per heavy atom. The number of nitrogens with two attached hydrogens (primary N) is 1. The maximum atomic E-state index is 5.73. The minimum atomic E-state index is 0.443. The van der Waals surface area contributed by atoms with Crippen molar-refractivity contribution in [2.75, 3.05) is 20.2 Å². The van der Waals surface area contributed by atoms with Gasteiger partial charge in [0.1, 0.15) is 5.75 Å². The van der Waals surface area contributed by atoms with Crippen molar-refractivity contribution in [3.8, 4) is 5.75 Å². The molecule has 0 bridgehead atoms. The molecule has 21 heavy (non-hydrogen) atoms. The minimum absolute atomic E-state index is 0.443. The number of ether oxygens (including phenoxy) is 1. The van der Waals surface area contributed by atoms with Crippen molar-refractivity contribution in [2.24, 2.45) is 17.1 Å². The van der Waals surface area contributed by atoms with Crippen LogP contribution in [0.15, 0.2) is 18.2 Å². The van der Waals surface area contributed by atoms with Crippen molar-refractivity contribution in [3.63, 3.8) is 0 Å². The highest BCUT2D eigenvalue weighted by molar-refractivity contribution is 5.37. The molecule has 0 atom stereocenters. The smallest absolute Gasteiger partial charge is 0.123 e. The van der Waals surface area contributed by atoms with E-state index in [0.717, 1.165) is 23.8 Å². The molecule has 3 heteroatoms. The normalized spacial score (nSPS) is 18.0. The van der Waals surface area contributed by atoms with E-state index >= 15 is 0 Å². The summed E-state index contributed by atoms with van der Waals surface area (Å²) in [7, 11) is 1.72. The van der Waals surface area contributed by atoms with Crippen LogP contribution in [0.4, 0.5) is 0 Å². The first-order chi connectivity index (χ1) is 9.94. The number of likely N-dealkylation sites (tertiary alicyclic amines) is 1. The van der Waals surface area contributed by atoms with Gasteiger partial charge >= 0.3 is 0 Å². The van der Waals surface area contributed by atoms with Crippen LogP contribution in [0.1, 0.15) is 44.7 Å². The Bertz CT molecular complexity index is 457. The second-order valence-electron chi connectivity index (χ2n) is 7.27. The van der Waals surface area contributed by atoms with Crippen LogP contribution in [0, 0.1) is 11.3 Å². The summed E-state index contributed by atoms with van der Waals surface area (Å²) in [5, 5.41) is 0. The molecule has 1 aliphatic rings. The molecule has 1 aromatic rings. The quantitative estimate of drug-likeness (QED) is 0.923. The van der Waals surface area contributed by atoms with Crippen LogP contribution in [0.3, 0.4) is 0 Å². The van der Waals surface area contributed by atoms with Crippen LogP contribution in [-0.2, 0) is 13.1 Å². The average molecular weight is 290 g/mol. The molecule has 0 aliphatic carbocycles. The van der Waals surface area contributed by atoms with E-state index < -0.39 is 0 Å². The van der Waals surface area contributed by atoms with Gasteiger partial charge in [-0.1, -0.05) is 32.9 Å². The van der Waals surface area contributed by atoms with Crippen LogP contribution >= 0.6 is 0 Å². The summed E-state index contributed by atoms with van der Waals surface area (Å²) >= 11 is 0. The molecule has 0 amide bonds. The van der Waals surface area contributed by atoms with Gasteiger partial charge in [-0.05, 0) is 48.9 Å². The Kier molecular flexibility index (Phi) is 5.28. The molecule has 0 radical (unpaired) electrons. The standard InChI is InChI=1S/C18H30N2O/c1-18(2,3)16-7-9-20(10-8-16)13-14-5-6-15(12-19)17(11-14)21-4/h5-6,11,16H,7-10,12-13,19H2,1-4H3. The van der Waals surface area contributed by atoms with E-state index in [-0.39, 0.29) is 0 Å². The number of benzene rings is 1. The fourth-order valence-electron chi connectivity index (χ4n) is 3.27. The molecule has 0 saturated carbocycles. The molecule has 1 aromatic carbocycles. The lowest BCUT2D eigenvalue weighted by Crippen LogP contribution is -2.37. The third-order valence-electron chi connectivity index (χ3n) is 4.79. The molecule has 2 rings (SSSR count). The molecule has 2 N–H and O–H groups in total. The number of hydrogen-bond donors (Lipinski definition) is 1. The third kappa shape index (κ3) is 4.21. The van der Waals surface area contributed by atoms with Gasteiger partial charge < -0.3 is 10.5 Å². The SMILES string of the molecule is COc1cc(CN2CCC(C(C)(C)C)CC2)ccc1CN. The summed E-state index contributed by atoms with van der Waals surface area (Å²) in [6, 6.07) is 6.41. The second-order valence-corrected chi connectivity index (χ2v) is 7.27. The topological polar surface area (TPSA) is 38.5 Å². The molecule has 1 heterocycles. The predicted molar refractivity (Wildman–Crippen MR) is 88.3 cm³/mol. The van der Waals surface area contributed by atoms with Crippen molar-refractivity contribution in [3.05, 3.63) is 29.3 Å². The minimum Gasteiger partial charge on any atom is -0.496 e. The van der Waals surface area contributed by atoms with E-state index in [1.165, 1.54) is 31.5 Å². The van der Waals surface area contributed by atoms with Crippen LogP contribution in [0.5, 0.6) is 5.75 Å². The average Bonchev–Trinajstić information content (AvgIpc) is 2.46. The number of piperidine rings is 1. The highest BCUT2D eigenvalue weighted by atomic mass is 16.5. The molecule has 1 aliphatic heterocycles. The Morgan fingerprint density at radius 3 is 2.43 bits per heavy atom. The van der Waals surface area contributed by atoms with Gasteiger partial charge in [-0.2, -0.15) is 0 Å². The lowest BCUT2D eigenvalue weighted by atomic mass is 9.75. The monoisotopic (exact) mass is 290 g/mol. The van der Waals surface area contributed by atoms with Crippen molar-refractivity contribution in [1.29, 1.82) is 0 Å². The van der Waals surface area contributed by atoms with E-state index in [2.05, 4.69) is 43.9 Å². The van der Waals surface area contributed by atoms with Gasteiger partial charge in [0, 0.05) is 18.7 Å². The van der Waals surface area contributed by atoms with Gasteiger partial charge in [-0.25, -0.2) is 0 Å². The molecule has 3 nitrogen and oxygen atoms in total. The highest BCUT2D eigenvalue weighted by Crippen LogP contribution is 2.34. The Balaban J connectivity index is 1.95. The summed E-state index contributed by atoms with van der Waals surface area (Å²) in [6.45, 7) is 11.0. The van der Waals surface area contributed by atoms with Crippen LogP contribution in [0.25, 0.3) is 0 Å². The van der Waals surface area contributed by atoms with E-state index in [1.54, 1.807) is 7.11 Å². The van der Waals surface area contributed by atoms with E-state index in [0.29, 0.717) is 12.0 Å². The van der Waals surface area contributed by atoms with Crippen LogP contribution < -0.4 is 10.5 Å². The zero-order chi connectivity index (χ0) is 15.5. The zero-order valence-electron chi connectivity index (χ0n) is 14.0. The number of hydrogen-bond acceptors (Lipinski definition) is 3. The first-order valence-electron chi connectivity index (χ1n) is 8.02. The van der Waals surface area contributed by atoms with E-state index in [4.69, 9.17) is 10.5 Å². The van der Waals surface area contributed by atoms with Gasteiger partial charge in [-0.15, -0.1) is 0 Å². The largest absolute Gasteiger partial charge is 0.496 e. The summed E-state index contributed by atoms with van der Waals surface area (Å²) < 4.78 is 5.43. The molecular formula is C18H30N2O. The maximum Gasteiger partial charge on any atom is 0.123 e. The Hall–Kier alpha value is -1.06. The summed E-state index contributed by atoms with van der Waals surface area (Å²) in [4.78, 5) is 2.55. The van der Waals surface area contributed by atoms with Crippen LogP contribution in [-0.4, -0.2) is 25.1 Å². The fourth-order valence-corrected chi connectivity index (χ4v) is 3.27. The first kappa shape index (κ1) is 16.3. The first-order valence-corrected chi connectivity index (χ1v) is 8.02. The van der Waals surface area contributed by atoms with Crippen LogP contribution in [0.2, 0.25) is 0 Å². The van der Waals surface area contributed by atoms with Gasteiger partial charge in [0.15, 0.2) is 0 Å². The number of methoxy groups -OCH3 is 1. The molecular weight excluding hydrogens is 260 g/mol. The van der Waals surface area contributed by atoms with Gasteiger partial charge in [0.2, 0.25) is 0 Å². The van der Waals surface area contributed by atoms with E-state index in [9.17, 15) is 0 Å². The van der Waals surface area contributed by atoms with Crippen molar-refractivity contribution in [1.82, 2.24) is 4.90 Å². The highest BCUT2D eigenvalue weighted by Gasteiger charge is 2.28. The molecule has 1 fully saturated rings. The van der Waals surface area contributed by atoms with E-state index in [1.807, 2.05) is 0 Å². The summed E-state index contributed by atoms with van der Waals surface area (Å²) in [6.07, 6.45) is 2.61. The Morgan fingerprint density at radius 2 is 1.90 bits per heavy atom. The van der Waals surface area contributed by atoms with Gasteiger partial charge in [-0.3, -0.25) is 4.90 Å². The predicted octanol–water partition coefficient (Wildman–Crippen LogP) is 3.41. The number of nitrogens with zero attached hydrogens (tertiary/aromatic N) is 1. The molecule has 0 aromatic heterocycles. The van der Waals surface area contributed by atoms with Crippen molar-refractivity contribution >= 4 is 0 Å². The Labute approximate surface area is 129 Å². The lowest BCUT2D eigenvalue weighted by Gasteiger charge is -2.38. The lowest BCUT2D eigenvalue weighted by molar-refractivity contribution is 0.108. The molecule has 0 unspecified atom stereocenters. The second kappa shape index (κ2) is 6.80. The zero-order valence-corrected chi connectivity index (χ0v) is 14.0. The fraction of sp³-hybridized carbons (Fsp3) is 0.667. The molecule has 1 saturated heterocycles. The van der Waals surface area contributed by atoms with Crippen molar-refractivity contribution in [2.45, 2.75) is 46.7 Å². The summed E-state index contributed by atoms with van der Waals surface area (Å²) in [5.74, 6) is 1.77. The maximum absolute atomic E-state index is 5.73. The molecule has 118 valence electrons. The third-order valence-corrected chi connectivity index (χ3v) is 4.79.